The Kier molecular flexibility index (Phi) is 3.96. The van der Waals surface area contributed by atoms with E-state index in [4.69, 9.17) is 5.11 Å². The average molecular weight is 251 g/mol. The summed E-state index contributed by atoms with van der Waals surface area (Å²) in [6.45, 7) is 5.25. The van der Waals surface area contributed by atoms with Crippen LogP contribution in [0.2, 0.25) is 0 Å². The van der Waals surface area contributed by atoms with Crippen molar-refractivity contribution in [2.45, 2.75) is 27.2 Å². The van der Waals surface area contributed by atoms with Crippen molar-refractivity contribution in [3.8, 4) is 5.75 Å². The van der Waals surface area contributed by atoms with Crippen LogP contribution in [0.4, 0.5) is 5.69 Å². The Bertz CT molecular complexity index is 474. The Labute approximate surface area is 105 Å². The smallest absolute Gasteiger partial charge is 0.307 e. The van der Waals surface area contributed by atoms with E-state index in [-0.39, 0.29) is 23.8 Å². The summed E-state index contributed by atoms with van der Waals surface area (Å²) in [4.78, 5) is 22.4. The molecule has 0 saturated heterocycles. The van der Waals surface area contributed by atoms with Crippen LogP contribution in [0.25, 0.3) is 0 Å². The first-order valence-electron chi connectivity index (χ1n) is 5.55. The highest BCUT2D eigenvalue weighted by molar-refractivity contribution is 5.95. The first kappa shape index (κ1) is 14.0. The summed E-state index contributed by atoms with van der Waals surface area (Å²) in [6, 6.07) is 4.35. The Morgan fingerprint density at radius 2 is 1.89 bits per heavy atom. The zero-order chi connectivity index (χ0) is 13.9. The van der Waals surface area contributed by atoms with Crippen LogP contribution in [0.3, 0.4) is 0 Å². The van der Waals surface area contributed by atoms with E-state index in [1.54, 1.807) is 20.8 Å². The number of anilines is 1. The predicted molar refractivity (Wildman–Crippen MR) is 67.5 cm³/mol. The number of aliphatic carboxylic acids is 1. The number of carboxylic acids is 1. The summed E-state index contributed by atoms with van der Waals surface area (Å²) in [7, 11) is 0. The molecule has 0 heterocycles. The molecule has 0 spiro atoms. The lowest BCUT2D eigenvalue weighted by Gasteiger charge is -2.18. The maximum atomic E-state index is 11.8. The Morgan fingerprint density at radius 3 is 2.39 bits per heavy atom. The molecule has 0 aliphatic rings. The number of carbonyl (C=O) groups is 2. The number of carbonyl (C=O) groups excluding carboxylic acids is 1. The van der Waals surface area contributed by atoms with Gasteiger partial charge in [0.05, 0.1) is 12.1 Å². The quantitative estimate of drug-likeness (QED) is 0.717. The van der Waals surface area contributed by atoms with Gasteiger partial charge in [-0.15, -0.1) is 0 Å². The van der Waals surface area contributed by atoms with E-state index in [1.807, 2.05) is 0 Å². The van der Waals surface area contributed by atoms with Crippen molar-refractivity contribution < 1.29 is 19.8 Å². The summed E-state index contributed by atoms with van der Waals surface area (Å²) in [5, 5.41) is 20.9. The van der Waals surface area contributed by atoms with Crippen LogP contribution in [-0.4, -0.2) is 22.1 Å². The molecule has 1 amide bonds. The van der Waals surface area contributed by atoms with Crippen LogP contribution in [0.15, 0.2) is 18.2 Å². The Morgan fingerprint density at radius 1 is 1.28 bits per heavy atom. The monoisotopic (exact) mass is 251 g/mol. The van der Waals surface area contributed by atoms with Crippen molar-refractivity contribution in [3.05, 3.63) is 23.8 Å². The van der Waals surface area contributed by atoms with E-state index in [0.717, 1.165) is 0 Å². The van der Waals surface area contributed by atoms with Gasteiger partial charge in [0.1, 0.15) is 5.75 Å². The van der Waals surface area contributed by atoms with Crippen molar-refractivity contribution in [1.29, 1.82) is 0 Å². The standard InChI is InChI=1S/C13H17NO4/c1-13(2,3)12(18)14-9-6-8(7-11(16)17)4-5-10(9)15/h4-6,15H,7H2,1-3H3,(H,14,18)(H,16,17). The summed E-state index contributed by atoms with van der Waals surface area (Å²) in [5.41, 5.74) is 0.160. The van der Waals surface area contributed by atoms with Gasteiger partial charge in [-0.1, -0.05) is 26.8 Å². The van der Waals surface area contributed by atoms with E-state index in [0.29, 0.717) is 5.56 Å². The highest BCUT2D eigenvalue weighted by atomic mass is 16.4. The van der Waals surface area contributed by atoms with E-state index < -0.39 is 11.4 Å². The van der Waals surface area contributed by atoms with E-state index >= 15 is 0 Å². The second-order valence-electron chi connectivity index (χ2n) is 5.13. The molecular formula is C13H17NO4. The molecule has 0 aromatic heterocycles. The molecule has 0 unspecified atom stereocenters. The third-order valence-electron chi connectivity index (χ3n) is 2.35. The number of carboxylic acid groups (broad SMARTS) is 1. The molecule has 1 aromatic rings. The van der Waals surface area contributed by atoms with Crippen LogP contribution >= 0.6 is 0 Å². The molecule has 0 saturated carbocycles. The van der Waals surface area contributed by atoms with Crippen molar-refractivity contribution in [1.82, 2.24) is 0 Å². The number of hydrogen-bond donors (Lipinski definition) is 3. The molecule has 0 radical (unpaired) electrons. The summed E-state index contributed by atoms with van der Waals surface area (Å²) < 4.78 is 0. The zero-order valence-electron chi connectivity index (χ0n) is 10.7. The number of benzene rings is 1. The second kappa shape index (κ2) is 5.08. The van der Waals surface area contributed by atoms with Crippen LogP contribution in [-0.2, 0) is 16.0 Å². The van der Waals surface area contributed by atoms with Crippen LogP contribution in [0.5, 0.6) is 5.75 Å². The lowest BCUT2D eigenvalue weighted by atomic mass is 9.95. The van der Waals surface area contributed by atoms with E-state index in [2.05, 4.69) is 5.32 Å². The van der Waals surface area contributed by atoms with Gasteiger partial charge in [0.25, 0.3) is 0 Å². The lowest BCUT2D eigenvalue weighted by Crippen LogP contribution is -2.27. The largest absolute Gasteiger partial charge is 0.506 e. The van der Waals surface area contributed by atoms with Gasteiger partial charge in [-0.25, -0.2) is 0 Å². The fourth-order valence-electron chi connectivity index (χ4n) is 1.28. The molecule has 0 atom stereocenters. The molecule has 0 aliphatic heterocycles. The van der Waals surface area contributed by atoms with Crippen molar-refractivity contribution in [3.63, 3.8) is 0 Å². The fourth-order valence-corrected chi connectivity index (χ4v) is 1.28. The molecule has 5 nitrogen and oxygen atoms in total. The highest BCUT2D eigenvalue weighted by Gasteiger charge is 2.22. The molecule has 18 heavy (non-hydrogen) atoms. The van der Waals surface area contributed by atoms with Gasteiger partial charge in [0.2, 0.25) is 5.91 Å². The maximum absolute atomic E-state index is 11.8. The minimum atomic E-state index is -0.964. The molecule has 5 heteroatoms. The van der Waals surface area contributed by atoms with E-state index in [1.165, 1.54) is 18.2 Å². The van der Waals surface area contributed by atoms with Gasteiger partial charge in [0.15, 0.2) is 0 Å². The van der Waals surface area contributed by atoms with Gasteiger partial charge in [-0.3, -0.25) is 9.59 Å². The number of amides is 1. The second-order valence-corrected chi connectivity index (χ2v) is 5.13. The normalized spacial score (nSPS) is 11.1. The third kappa shape index (κ3) is 3.76. The third-order valence-corrected chi connectivity index (χ3v) is 2.35. The molecule has 3 N–H and O–H groups in total. The van der Waals surface area contributed by atoms with Crippen LogP contribution < -0.4 is 5.32 Å². The van der Waals surface area contributed by atoms with Crippen molar-refractivity contribution >= 4 is 17.6 Å². The first-order valence-corrected chi connectivity index (χ1v) is 5.55. The average Bonchev–Trinajstić information content (AvgIpc) is 2.20. The highest BCUT2D eigenvalue weighted by Crippen LogP contribution is 2.26. The molecule has 1 rings (SSSR count). The Hall–Kier alpha value is -2.04. The summed E-state index contributed by atoms with van der Waals surface area (Å²) >= 11 is 0. The Balaban J connectivity index is 2.94. The number of rotatable bonds is 3. The number of aromatic hydroxyl groups is 1. The molecule has 0 bridgehead atoms. The number of phenols is 1. The lowest BCUT2D eigenvalue weighted by molar-refractivity contribution is -0.136. The minimum Gasteiger partial charge on any atom is -0.506 e. The molecule has 0 fully saturated rings. The zero-order valence-corrected chi connectivity index (χ0v) is 10.7. The van der Waals surface area contributed by atoms with Gasteiger partial charge in [-0.05, 0) is 17.7 Å². The van der Waals surface area contributed by atoms with E-state index in [9.17, 15) is 14.7 Å². The number of phenolic OH excluding ortho intramolecular Hbond substituents is 1. The van der Waals surface area contributed by atoms with Gasteiger partial charge >= 0.3 is 5.97 Å². The topological polar surface area (TPSA) is 86.6 Å². The van der Waals surface area contributed by atoms with Gasteiger partial charge in [0, 0.05) is 5.41 Å². The van der Waals surface area contributed by atoms with Crippen LogP contribution in [0, 0.1) is 5.41 Å². The molecular weight excluding hydrogens is 234 g/mol. The van der Waals surface area contributed by atoms with Gasteiger partial charge in [-0.2, -0.15) is 0 Å². The van der Waals surface area contributed by atoms with Crippen LogP contribution in [0.1, 0.15) is 26.3 Å². The number of nitrogens with one attached hydrogen (secondary N) is 1. The van der Waals surface area contributed by atoms with Crippen molar-refractivity contribution in [2.24, 2.45) is 5.41 Å². The predicted octanol–water partition coefficient (Wildman–Crippen LogP) is 2.00. The minimum absolute atomic E-state index is 0.0817. The fraction of sp³-hybridized carbons (Fsp3) is 0.385. The molecule has 1 aromatic carbocycles. The van der Waals surface area contributed by atoms with Crippen molar-refractivity contribution in [2.75, 3.05) is 5.32 Å². The number of hydrogen-bond acceptors (Lipinski definition) is 3. The molecule has 98 valence electrons. The first-order chi connectivity index (χ1) is 8.20. The SMILES string of the molecule is CC(C)(C)C(=O)Nc1cc(CC(=O)O)ccc1O. The molecule has 0 aliphatic carbocycles. The maximum Gasteiger partial charge on any atom is 0.307 e. The summed E-state index contributed by atoms with van der Waals surface area (Å²) in [5.74, 6) is -1.29. The van der Waals surface area contributed by atoms with Gasteiger partial charge < -0.3 is 15.5 Å². The summed E-state index contributed by atoms with van der Waals surface area (Å²) in [6.07, 6.45) is -0.154.